The average Bonchev–Trinajstić information content (AvgIpc) is 2.93. The summed E-state index contributed by atoms with van der Waals surface area (Å²) < 4.78 is 1.96. The summed E-state index contributed by atoms with van der Waals surface area (Å²) in [5.41, 5.74) is 7.17. The summed E-state index contributed by atoms with van der Waals surface area (Å²) in [4.78, 5) is 18.5. The first-order chi connectivity index (χ1) is 9.67. The van der Waals surface area contributed by atoms with Crippen LogP contribution in [0.4, 0.5) is 5.82 Å². The average molecular weight is 272 g/mol. The normalized spacial score (nSPS) is 14.2. The zero-order valence-corrected chi connectivity index (χ0v) is 11.3. The Hall–Kier alpha value is -2.44. The molecule has 0 aromatic carbocycles. The second-order valence-electron chi connectivity index (χ2n) is 4.79. The predicted molar refractivity (Wildman–Crippen MR) is 72.8 cm³/mol. The van der Waals surface area contributed by atoms with Gasteiger partial charge in [0.15, 0.2) is 5.82 Å². The van der Waals surface area contributed by atoms with Crippen LogP contribution in [0.25, 0.3) is 0 Å². The van der Waals surface area contributed by atoms with Crippen molar-refractivity contribution >= 4 is 11.7 Å². The molecule has 0 bridgehead atoms. The molecule has 0 atom stereocenters. The molecule has 104 valence electrons. The van der Waals surface area contributed by atoms with Gasteiger partial charge in [-0.05, 0) is 18.6 Å². The zero-order chi connectivity index (χ0) is 14.1. The minimum atomic E-state index is -0.0388. The molecule has 0 aliphatic carbocycles. The van der Waals surface area contributed by atoms with Gasteiger partial charge in [-0.25, -0.2) is 4.98 Å². The number of nitrogens with zero attached hydrogens (tertiary/aromatic N) is 5. The van der Waals surface area contributed by atoms with Gasteiger partial charge in [0.25, 0.3) is 5.91 Å². The first-order valence-corrected chi connectivity index (χ1v) is 6.59. The number of carbonyl (C=O) groups excluding carboxylic acids is 1. The Kier molecular flexibility index (Phi) is 3.09. The molecular weight excluding hydrogens is 256 g/mol. The Bertz CT molecular complexity index is 650. The van der Waals surface area contributed by atoms with Crippen LogP contribution in [0.2, 0.25) is 0 Å². The molecule has 1 amide bonds. The van der Waals surface area contributed by atoms with Crippen LogP contribution in [0, 0.1) is 0 Å². The lowest BCUT2D eigenvalue weighted by atomic mass is 10.1. The summed E-state index contributed by atoms with van der Waals surface area (Å²) in [5.74, 6) is 1.15. The van der Waals surface area contributed by atoms with Crippen LogP contribution in [0.5, 0.6) is 0 Å². The third kappa shape index (κ3) is 2.22. The molecule has 0 saturated carbocycles. The lowest BCUT2D eigenvalue weighted by Gasteiger charge is -2.27. The molecule has 20 heavy (non-hydrogen) atoms. The molecule has 3 rings (SSSR count). The molecule has 2 aromatic rings. The van der Waals surface area contributed by atoms with Gasteiger partial charge in [0.2, 0.25) is 0 Å². The van der Waals surface area contributed by atoms with Crippen molar-refractivity contribution in [3.63, 3.8) is 0 Å². The van der Waals surface area contributed by atoms with Crippen molar-refractivity contribution in [1.29, 1.82) is 0 Å². The van der Waals surface area contributed by atoms with Gasteiger partial charge in [-0.3, -0.25) is 4.79 Å². The van der Waals surface area contributed by atoms with E-state index in [4.69, 9.17) is 5.73 Å². The van der Waals surface area contributed by atoms with E-state index < -0.39 is 0 Å². The van der Waals surface area contributed by atoms with Crippen LogP contribution < -0.4 is 5.73 Å². The number of aromatic nitrogens is 4. The number of hydrogen-bond donors (Lipinski definition) is 1. The number of amides is 1. The van der Waals surface area contributed by atoms with E-state index in [-0.39, 0.29) is 5.91 Å². The number of anilines is 1. The predicted octanol–water partition coefficient (Wildman–Crippen LogP) is 0.474. The van der Waals surface area contributed by atoms with E-state index in [0.29, 0.717) is 24.5 Å². The summed E-state index contributed by atoms with van der Waals surface area (Å²) >= 11 is 0. The summed E-state index contributed by atoms with van der Waals surface area (Å²) in [6, 6.07) is 3.43. The number of fused-ring (bicyclic) bond motifs is 1. The maximum absolute atomic E-state index is 12.5. The van der Waals surface area contributed by atoms with Crippen molar-refractivity contribution in [1.82, 2.24) is 24.6 Å². The Morgan fingerprint density at radius 3 is 3.05 bits per heavy atom. The van der Waals surface area contributed by atoms with Gasteiger partial charge in [-0.1, -0.05) is 6.92 Å². The first-order valence-electron chi connectivity index (χ1n) is 6.59. The quantitative estimate of drug-likeness (QED) is 0.858. The largest absolute Gasteiger partial charge is 0.384 e. The fourth-order valence-corrected chi connectivity index (χ4v) is 2.34. The summed E-state index contributed by atoms with van der Waals surface area (Å²) in [6.45, 7) is 3.82. The minimum Gasteiger partial charge on any atom is -0.384 e. The maximum atomic E-state index is 12.5. The Morgan fingerprint density at radius 1 is 1.40 bits per heavy atom. The highest BCUT2D eigenvalue weighted by molar-refractivity contribution is 5.95. The number of nitrogens with two attached hydrogens (primary N) is 1. The van der Waals surface area contributed by atoms with Crippen LogP contribution in [0.1, 0.15) is 28.8 Å². The highest BCUT2D eigenvalue weighted by Crippen LogP contribution is 2.15. The van der Waals surface area contributed by atoms with Gasteiger partial charge in [0, 0.05) is 24.3 Å². The maximum Gasteiger partial charge on any atom is 0.254 e. The summed E-state index contributed by atoms with van der Waals surface area (Å²) in [6.07, 6.45) is 2.44. The van der Waals surface area contributed by atoms with Crippen LogP contribution in [-0.2, 0) is 19.5 Å². The number of carbonyl (C=O) groups is 1. The highest BCUT2D eigenvalue weighted by atomic mass is 16.2. The Labute approximate surface area is 116 Å². The van der Waals surface area contributed by atoms with E-state index in [2.05, 4.69) is 15.2 Å². The van der Waals surface area contributed by atoms with E-state index in [1.54, 1.807) is 23.4 Å². The second kappa shape index (κ2) is 4.92. The Balaban J connectivity index is 1.85. The monoisotopic (exact) mass is 272 g/mol. The SMILES string of the molecule is CCc1cc(C(=O)N2CCn3cnnc3C2)cc(N)n1. The zero-order valence-electron chi connectivity index (χ0n) is 11.3. The van der Waals surface area contributed by atoms with E-state index in [1.165, 1.54) is 0 Å². The van der Waals surface area contributed by atoms with E-state index in [1.807, 2.05) is 11.5 Å². The van der Waals surface area contributed by atoms with Crippen molar-refractivity contribution in [3.05, 3.63) is 35.5 Å². The minimum absolute atomic E-state index is 0.0388. The molecule has 2 aromatic heterocycles. The van der Waals surface area contributed by atoms with Gasteiger partial charge in [0.1, 0.15) is 12.1 Å². The number of hydrogen-bond acceptors (Lipinski definition) is 5. The molecule has 7 nitrogen and oxygen atoms in total. The third-order valence-corrected chi connectivity index (χ3v) is 3.43. The number of pyridine rings is 1. The number of aryl methyl sites for hydroxylation is 1. The molecular formula is C13H16N6O. The number of nitrogen functional groups attached to an aromatic ring is 1. The van der Waals surface area contributed by atoms with E-state index >= 15 is 0 Å². The van der Waals surface area contributed by atoms with Crippen molar-refractivity contribution in [2.45, 2.75) is 26.4 Å². The van der Waals surface area contributed by atoms with Crippen LogP contribution >= 0.6 is 0 Å². The molecule has 3 heterocycles. The van der Waals surface area contributed by atoms with Crippen LogP contribution in [-0.4, -0.2) is 37.1 Å². The van der Waals surface area contributed by atoms with E-state index in [0.717, 1.165) is 24.5 Å². The molecule has 1 aliphatic heterocycles. The van der Waals surface area contributed by atoms with Gasteiger partial charge < -0.3 is 15.2 Å². The lowest BCUT2D eigenvalue weighted by molar-refractivity contribution is 0.0707. The molecule has 2 N–H and O–H groups in total. The van der Waals surface area contributed by atoms with Gasteiger partial charge in [0.05, 0.1) is 6.54 Å². The standard InChI is InChI=1S/C13H16N6O/c1-2-10-5-9(6-11(14)16-10)13(20)18-3-4-19-8-15-17-12(19)7-18/h5-6,8H,2-4,7H2,1H3,(H2,14,16). The molecule has 1 aliphatic rings. The molecule has 0 unspecified atom stereocenters. The summed E-state index contributed by atoms with van der Waals surface area (Å²) in [7, 11) is 0. The molecule has 0 fully saturated rings. The Morgan fingerprint density at radius 2 is 2.25 bits per heavy atom. The second-order valence-corrected chi connectivity index (χ2v) is 4.79. The van der Waals surface area contributed by atoms with Crippen LogP contribution in [0.15, 0.2) is 18.5 Å². The van der Waals surface area contributed by atoms with E-state index in [9.17, 15) is 4.79 Å². The third-order valence-electron chi connectivity index (χ3n) is 3.43. The fraction of sp³-hybridized carbons (Fsp3) is 0.385. The molecule has 0 spiro atoms. The van der Waals surface area contributed by atoms with Crippen molar-refractivity contribution in [3.8, 4) is 0 Å². The first kappa shape index (κ1) is 12.6. The van der Waals surface area contributed by atoms with Gasteiger partial charge >= 0.3 is 0 Å². The summed E-state index contributed by atoms with van der Waals surface area (Å²) in [5, 5.41) is 7.87. The fourth-order valence-electron chi connectivity index (χ4n) is 2.34. The highest BCUT2D eigenvalue weighted by Gasteiger charge is 2.23. The van der Waals surface area contributed by atoms with Crippen molar-refractivity contribution in [2.24, 2.45) is 0 Å². The molecule has 0 saturated heterocycles. The topological polar surface area (TPSA) is 89.9 Å². The van der Waals surface area contributed by atoms with Crippen molar-refractivity contribution < 1.29 is 4.79 Å². The van der Waals surface area contributed by atoms with Gasteiger partial charge in [-0.2, -0.15) is 0 Å². The lowest BCUT2D eigenvalue weighted by Crippen LogP contribution is -2.38. The molecule has 7 heteroatoms. The smallest absolute Gasteiger partial charge is 0.254 e. The van der Waals surface area contributed by atoms with Crippen LogP contribution in [0.3, 0.4) is 0 Å². The van der Waals surface area contributed by atoms with Crippen molar-refractivity contribution in [2.75, 3.05) is 12.3 Å². The van der Waals surface area contributed by atoms with Gasteiger partial charge in [-0.15, -0.1) is 10.2 Å². The molecule has 0 radical (unpaired) electrons. The number of rotatable bonds is 2.